The second-order valence-corrected chi connectivity index (χ2v) is 7.40. The predicted octanol–water partition coefficient (Wildman–Crippen LogP) is 4.57. The summed E-state index contributed by atoms with van der Waals surface area (Å²) in [5.41, 5.74) is 2.05. The van der Waals surface area contributed by atoms with E-state index in [1.54, 1.807) is 0 Å². The van der Waals surface area contributed by atoms with Crippen LogP contribution in [0.1, 0.15) is 36.0 Å². The molecule has 0 bridgehead atoms. The van der Waals surface area contributed by atoms with E-state index in [1.165, 1.54) is 0 Å². The molecule has 154 valence electrons. The van der Waals surface area contributed by atoms with Crippen molar-refractivity contribution in [2.24, 2.45) is 0 Å². The van der Waals surface area contributed by atoms with Crippen LogP contribution in [0.25, 0.3) is 5.69 Å². The lowest BCUT2D eigenvalue weighted by atomic mass is 9.95. The molecule has 2 aliphatic heterocycles. The molecule has 0 atom stereocenters. The van der Waals surface area contributed by atoms with E-state index in [1.807, 2.05) is 30.5 Å². The van der Waals surface area contributed by atoms with Crippen molar-refractivity contribution in [3.8, 4) is 5.69 Å². The number of hydrogen-bond donors (Lipinski definition) is 0. The highest BCUT2D eigenvalue weighted by molar-refractivity contribution is 6.31. The first-order valence-corrected chi connectivity index (χ1v) is 9.65. The summed E-state index contributed by atoms with van der Waals surface area (Å²) in [6.45, 7) is 2.87. The van der Waals surface area contributed by atoms with Crippen LogP contribution in [0.15, 0.2) is 42.6 Å². The fourth-order valence-corrected chi connectivity index (χ4v) is 4.23. The third kappa shape index (κ3) is 4.08. The molecule has 5 rings (SSSR count). The van der Waals surface area contributed by atoms with Crippen molar-refractivity contribution >= 4 is 42.2 Å². The first-order valence-electron chi connectivity index (χ1n) is 9.27. The Kier molecular flexibility index (Phi) is 7.01. The fraction of sp³-hybridized carbons (Fsp3) is 0.350. The number of hydrogen-bond acceptors (Lipinski definition) is 5. The first kappa shape index (κ1) is 21.8. The molecule has 4 heterocycles. The fourth-order valence-electron chi connectivity index (χ4n) is 4.00. The number of pyridine rings is 1. The molecule has 0 radical (unpaired) electrons. The monoisotopic (exact) mass is 453 g/mol. The Morgan fingerprint density at radius 1 is 0.966 bits per heavy atom. The van der Waals surface area contributed by atoms with E-state index in [0.29, 0.717) is 19.1 Å². The molecule has 2 aliphatic rings. The van der Waals surface area contributed by atoms with Crippen molar-refractivity contribution in [3.05, 3.63) is 64.8 Å². The van der Waals surface area contributed by atoms with Crippen LogP contribution in [0.4, 0.5) is 5.82 Å². The molecule has 9 heteroatoms. The Morgan fingerprint density at radius 2 is 1.79 bits per heavy atom. The summed E-state index contributed by atoms with van der Waals surface area (Å²) in [5, 5.41) is 9.69. The van der Waals surface area contributed by atoms with Gasteiger partial charge in [-0.25, -0.2) is 4.98 Å². The van der Waals surface area contributed by atoms with Gasteiger partial charge in [-0.05, 0) is 37.1 Å². The van der Waals surface area contributed by atoms with Gasteiger partial charge in [-0.1, -0.05) is 23.7 Å². The number of benzene rings is 1. The number of anilines is 1. The maximum Gasteiger partial charge on any atom is 0.163 e. The Bertz CT molecular complexity index is 958. The van der Waals surface area contributed by atoms with Crippen LogP contribution in [0.3, 0.4) is 0 Å². The second-order valence-electron chi connectivity index (χ2n) is 6.99. The summed E-state index contributed by atoms with van der Waals surface area (Å²) in [7, 11) is 0. The molecule has 1 saturated heterocycles. The molecule has 0 amide bonds. The number of nitrogens with zero attached hydrogens (tertiary/aromatic N) is 5. The van der Waals surface area contributed by atoms with Crippen molar-refractivity contribution in [3.63, 3.8) is 0 Å². The number of fused-ring (bicyclic) bond motifs is 3. The Morgan fingerprint density at radius 3 is 2.55 bits per heavy atom. The normalized spacial score (nSPS) is 16.1. The predicted molar refractivity (Wildman–Crippen MR) is 118 cm³/mol. The van der Waals surface area contributed by atoms with Gasteiger partial charge in [0.2, 0.25) is 0 Å². The summed E-state index contributed by atoms with van der Waals surface area (Å²) in [6, 6.07) is 12.0. The van der Waals surface area contributed by atoms with Crippen molar-refractivity contribution in [1.29, 1.82) is 0 Å². The Hall–Kier alpha value is -1.86. The zero-order valence-corrected chi connectivity index (χ0v) is 18.1. The highest BCUT2D eigenvalue weighted by atomic mass is 35.5. The number of ether oxygens (including phenoxy) is 1. The van der Waals surface area contributed by atoms with Gasteiger partial charge in [-0.2, -0.15) is 0 Å². The van der Waals surface area contributed by atoms with Gasteiger partial charge in [0, 0.05) is 35.8 Å². The third-order valence-electron chi connectivity index (χ3n) is 5.40. The molecule has 0 aliphatic carbocycles. The Labute approximate surface area is 187 Å². The molecule has 0 spiro atoms. The topological polar surface area (TPSA) is 56.1 Å². The summed E-state index contributed by atoms with van der Waals surface area (Å²) >= 11 is 6.43. The molecule has 29 heavy (non-hydrogen) atoms. The van der Waals surface area contributed by atoms with Crippen LogP contribution >= 0.6 is 36.4 Å². The molecule has 1 fully saturated rings. The van der Waals surface area contributed by atoms with Gasteiger partial charge >= 0.3 is 0 Å². The van der Waals surface area contributed by atoms with E-state index < -0.39 is 0 Å². The average molecular weight is 455 g/mol. The minimum atomic E-state index is 0. The summed E-state index contributed by atoms with van der Waals surface area (Å²) in [6.07, 6.45) is 3.89. The van der Waals surface area contributed by atoms with Crippen LogP contribution in [-0.4, -0.2) is 32.8 Å². The van der Waals surface area contributed by atoms with Crippen LogP contribution in [0, 0.1) is 0 Å². The standard InChI is InChI=1S/C20H20ClN5O.2ClH/c21-16-4-3-5-17-15(16)12-27-13-19-23-24-20(26(17)19)14-7-10-25(11-8-14)18-6-1-2-9-22-18;;/h1-6,9,14H,7-8,10-13H2;2*1H. The zero-order chi connectivity index (χ0) is 18.2. The van der Waals surface area contributed by atoms with E-state index in [0.717, 1.165) is 59.7 Å². The van der Waals surface area contributed by atoms with Gasteiger partial charge in [0.25, 0.3) is 0 Å². The number of aromatic nitrogens is 4. The lowest BCUT2D eigenvalue weighted by Crippen LogP contribution is -2.34. The molecule has 0 saturated carbocycles. The number of halogens is 3. The molecule has 0 unspecified atom stereocenters. The number of piperidine rings is 1. The van der Waals surface area contributed by atoms with Gasteiger partial charge < -0.3 is 9.64 Å². The van der Waals surface area contributed by atoms with Crippen molar-refractivity contribution in [2.45, 2.75) is 32.0 Å². The van der Waals surface area contributed by atoms with Crippen LogP contribution in [0.2, 0.25) is 5.02 Å². The van der Waals surface area contributed by atoms with Crippen molar-refractivity contribution < 1.29 is 4.74 Å². The largest absolute Gasteiger partial charge is 0.369 e. The number of rotatable bonds is 2. The van der Waals surface area contributed by atoms with Crippen molar-refractivity contribution in [1.82, 2.24) is 19.7 Å². The maximum atomic E-state index is 6.43. The van der Waals surface area contributed by atoms with E-state index >= 15 is 0 Å². The third-order valence-corrected chi connectivity index (χ3v) is 5.76. The molecule has 0 N–H and O–H groups in total. The maximum absolute atomic E-state index is 6.43. The smallest absolute Gasteiger partial charge is 0.163 e. The minimum absolute atomic E-state index is 0. The van der Waals surface area contributed by atoms with Gasteiger partial charge in [-0.15, -0.1) is 35.0 Å². The minimum Gasteiger partial charge on any atom is -0.369 e. The molecular formula is C20H22Cl3N5O. The molecule has 6 nitrogen and oxygen atoms in total. The quantitative estimate of drug-likeness (QED) is 0.567. The molecule has 1 aromatic carbocycles. The van der Waals surface area contributed by atoms with Gasteiger partial charge in [0.15, 0.2) is 5.82 Å². The lowest BCUT2D eigenvalue weighted by Gasteiger charge is -2.32. The van der Waals surface area contributed by atoms with Crippen molar-refractivity contribution in [2.75, 3.05) is 18.0 Å². The summed E-state index contributed by atoms with van der Waals surface area (Å²) < 4.78 is 7.94. The Balaban J connectivity index is 0.00000120. The lowest BCUT2D eigenvalue weighted by molar-refractivity contribution is 0.105. The van der Waals surface area contributed by atoms with Crippen LogP contribution in [-0.2, 0) is 18.0 Å². The van der Waals surface area contributed by atoms with E-state index in [-0.39, 0.29) is 24.8 Å². The first-order chi connectivity index (χ1) is 13.3. The van der Waals surface area contributed by atoms with E-state index in [2.05, 4.69) is 36.8 Å². The van der Waals surface area contributed by atoms with E-state index in [4.69, 9.17) is 16.3 Å². The second kappa shape index (κ2) is 9.30. The highest BCUT2D eigenvalue weighted by Crippen LogP contribution is 2.34. The van der Waals surface area contributed by atoms with Gasteiger partial charge in [0.1, 0.15) is 18.2 Å². The van der Waals surface area contributed by atoms with Crippen LogP contribution in [0.5, 0.6) is 0 Å². The highest BCUT2D eigenvalue weighted by Gasteiger charge is 2.29. The van der Waals surface area contributed by atoms with Gasteiger partial charge in [0.05, 0.1) is 12.3 Å². The van der Waals surface area contributed by atoms with Crippen LogP contribution < -0.4 is 4.90 Å². The van der Waals surface area contributed by atoms with E-state index in [9.17, 15) is 0 Å². The molecular weight excluding hydrogens is 433 g/mol. The average Bonchev–Trinajstić information content (AvgIpc) is 3.04. The summed E-state index contributed by atoms with van der Waals surface area (Å²) in [4.78, 5) is 6.81. The van der Waals surface area contributed by atoms with Gasteiger partial charge in [-0.3, -0.25) is 4.57 Å². The molecule has 3 aromatic rings. The summed E-state index contributed by atoms with van der Waals surface area (Å²) in [5.74, 6) is 3.26. The molecule has 2 aromatic heterocycles. The SMILES string of the molecule is Cl.Cl.Clc1cccc2c1COCc1nnc(C3CCN(c4ccccn4)CC3)n1-2. The zero-order valence-electron chi connectivity index (χ0n) is 15.7.